The third-order valence-corrected chi connectivity index (χ3v) is 3.73. The normalized spacial score (nSPS) is 10.2. The van der Waals surface area contributed by atoms with E-state index in [1.54, 1.807) is 42.5 Å². The number of para-hydroxylation sites is 1. The van der Waals surface area contributed by atoms with E-state index in [2.05, 4.69) is 20.3 Å². The topological polar surface area (TPSA) is 83.7 Å². The highest BCUT2D eigenvalue weighted by atomic mass is 35.5. The summed E-state index contributed by atoms with van der Waals surface area (Å²) in [6.07, 6.45) is 0. The van der Waals surface area contributed by atoms with Crippen molar-refractivity contribution in [3.63, 3.8) is 0 Å². The zero-order valence-corrected chi connectivity index (χ0v) is 14.6. The fourth-order valence-electron chi connectivity index (χ4n) is 1.86. The third-order valence-electron chi connectivity index (χ3n) is 2.97. The van der Waals surface area contributed by atoms with Crippen molar-refractivity contribution in [1.29, 1.82) is 5.26 Å². The van der Waals surface area contributed by atoms with Crippen LogP contribution in [0, 0.1) is 11.3 Å². The number of nitriles is 1. The number of nitrogens with one attached hydrogen (secondary N) is 1. The molecule has 0 amide bonds. The smallest absolute Gasteiger partial charge is 0.328 e. The second kappa shape index (κ2) is 7.53. The van der Waals surface area contributed by atoms with Gasteiger partial charge in [-0.15, -0.1) is 0 Å². The number of ether oxygens (including phenoxy) is 1. The Labute approximate surface area is 158 Å². The van der Waals surface area contributed by atoms with Gasteiger partial charge < -0.3 is 10.1 Å². The SMILES string of the molecule is N#Cc1ccc(Nc2nc(Cl)nc(Oc3c(Cl)cccc3Cl)n2)cc1. The lowest BCUT2D eigenvalue weighted by atomic mass is 10.2. The molecule has 25 heavy (non-hydrogen) atoms. The van der Waals surface area contributed by atoms with Gasteiger partial charge in [-0.05, 0) is 48.0 Å². The first kappa shape index (κ1) is 17.2. The van der Waals surface area contributed by atoms with Gasteiger partial charge in [0.1, 0.15) is 0 Å². The molecule has 0 radical (unpaired) electrons. The molecule has 0 aliphatic carbocycles. The largest absolute Gasteiger partial charge is 0.421 e. The van der Waals surface area contributed by atoms with Crippen LogP contribution in [0.2, 0.25) is 15.3 Å². The number of hydrogen-bond acceptors (Lipinski definition) is 6. The lowest BCUT2D eigenvalue weighted by molar-refractivity contribution is 0.441. The Bertz CT molecular complexity index is 937. The van der Waals surface area contributed by atoms with Crippen molar-refractivity contribution < 1.29 is 4.74 Å². The molecule has 0 aliphatic heterocycles. The number of halogens is 3. The molecule has 0 bridgehead atoms. The van der Waals surface area contributed by atoms with Crippen molar-refractivity contribution in [1.82, 2.24) is 15.0 Å². The van der Waals surface area contributed by atoms with E-state index in [1.165, 1.54) is 0 Å². The molecular formula is C16H8Cl3N5O. The molecule has 2 aromatic carbocycles. The zero-order chi connectivity index (χ0) is 17.8. The van der Waals surface area contributed by atoms with Crippen LogP contribution in [0.25, 0.3) is 0 Å². The first-order valence-electron chi connectivity index (χ1n) is 6.86. The summed E-state index contributed by atoms with van der Waals surface area (Å²) in [4.78, 5) is 12.0. The first-order chi connectivity index (χ1) is 12.0. The van der Waals surface area contributed by atoms with Gasteiger partial charge in [-0.25, -0.2) is 0 Å². The van der Waals surface area contributed by atoms with E-state index in [4.69, 9.17) is 44.8 Å². The molecule has 0 spiro atoms. The maximum atomic E-state index is 8.82. The Hall–Kier alpha value is -2.59. The summed E-state index contributed by atoms with van der Waals surface area (Å²) in [5, 5.41) is 12.3. The molecule has 0 saturated heterocycles. The third kappa shape index (κ3) is 4.28. The van der Waals surface area contributed by atoms with Crippen LogP contribution in [0.1, 0.15) is 5.56 Å². The van der Waals surface area contributed by atoms with Crippen molar-refractivity contribution in [2.75, 3.05) is 5.32 Å². The van der Waals surface area contributed by atoms with E-state index in [1.807, 2.05) is 6.07 Å². The van der Waals surface area contributed by atoms with Gasteiger partial charge in [-0.3, -0.25) is 0 Å². The van der Waals surface area contributed by atoms with Crippen molar-refractivity contribution >= 4 is 46.4 Å². The summed E-state index contributed by atoms with van der Waals surface area (Å²) in [6.45, 7) is 0. The van der Waals surface area contributed by atoms with Crippen molar-refractivity contribution in [3.8, 4) is 17.8 Å². The van der Waals surface area contributed by atoms with Crippen molar-refractivity contribution in [2.24, 2.45) is 0 Å². The van der Waals surface area contributed by atoms with E-state index in [0.717, 1.165) is 0 Å². The minimum absolute atomic E-state index is 0.0638. The van der Waals surface area contributed by atoms with Crippen molar-refractivity contribution in [3.05, 3.63) is 63.4 Å². The molecule has 3 aromatic rings. The van der Waals surface area contributed by atoms with Crippen LogP contribution in [-0.4, -0.2) is 15.0 Å². The molecule has 1 N–H and O–H groups in total. The molecule has 1 heterocycles. The van der Waals surface area contributed by atoms with E-state index >= 15 is 0 Å². The molecule has 0 fully saturated rings. The number of aromatic nitrogens is 3. The second-order valence-electron chi connectivity index (χ2n) is 4.68. The summed E-state index contributed by atoms with van der Waals surface area (Å²) < 4.78 is 5.54. The van der Waals surface area contributed by atoms with Crippen molar-refractivity contribution in [2.45, 2.75) is 0 Å². The average molecular weight is 393 g/mol. The fraction of sp³-hybridized carbons (Fsp3) is 0. The highest BCUT2D eigenvalue weighted by molar-refractivity contribution is 6.37. The molecule has 0 atom stereocenters. The van der Waals surface area contributed by atoms with Gasteiger partial charge in [0.15, 0.2) is 5.75 Å². The minimum Gasteiger partial charge on any atom is -0.421 e. The number of rotatable bonds is 4. The predicted octanol–water partition coefficient (Wildman–Crippen LogP) is 5.24. The molecule has 9 heteroatoms. The van der Waals surface area contributed by atoms with E-state index in [0.29, 0.717) is 21.3 Å². The number of anilines is 2. The highest BCUT2D eigenvalue weighted by Gasteiger charge is 2.12. The van der Waals surface area contributed by atoms with Gasteiger partial charge in [-0.1, -0.05) is 29.3 Å². The molecule has 124 valence electrons. The maximum absolute atomic E-state index is 8.82. The Morgan fingerprint density at radius 1 is 0.920 bits per heavy atom. The molecule has 0 aliphatic rings. The van der Waals surface area contributed by atoms with E-state index in [-0.39, 0.29) is 23.0 Å². The molecule has 0 unspecified atom stereocenters. The molecule has 1 aromatic heterocycles. The Morgan fingerprint density at radius 3 is 2.24 bits per heavy atom. The lowest BCUT2D eigenvalue weighted by Gasteiger charge is -2.09. The number of benzene rings is 2. The van der Waals surface area contributed by atoms with E-state index < -0.39 is 0 Å². The molecule has 0 saturated carbocycles. The van der Waals surface area contributed by atoms with Gasteiger partial charge >= 0.3 is 6.01 Å². The van der Waals surface area contributed by atoms with Gasteiger partial charge in [0.2, 0.25) is 11.2 Å². The maximum Gasteiger partial charge on any atom is 0.328 e. The Kier molecular flexibility index (Phi) is 5.19. The van der Waals surface area contributed by atoms with Crippen LogP contribution < -0.4 is 10.1 Å². The highest BCUT2D eigenvalue weighted by Crippen LogP contribution is 2.35. The molecular weight excluding hydrogens is 385 g/mol. The summed E-state index contributed by atoms with van der Waals surface area (Å²) in [5.74, 6) is 0.389. The second-order valence-corrected chi connectivity index (χ2v) is 5.83. The van der Waals surface area contributed by atoms with Gasteiger partial charge in [-0.2, -0.15) is 20.2 Å². The first-order valence-corrected chi connectivity index (χ1v) is 7.99. The summed E-state index contributed by atoms with van der Waals surface area (Å²) in [7, 11) is 0. The lowest BCUT2D eigenvalue weighted by Crippen LogP contribution is -2.02. The number of hydrogen-bond donors (Lipinski definition) is 1. The van der Waals surface area contributed by atoms with Gasteiger partial charge in [0, 0.05) is 5.69 Å². The van der Waals surface area contributed by atoms with Crippen LogP contribution in [0.4, 0.5) is 11.6 Å². The van der Waals surface area contributed by atoms with Crippen LogP contribution in [-0.2, 0) is 0 Å². The van der Waals surface area contributed by atoms with Crippen LogP contribution in [0.5, 0.6) is 11.8 Å². The summed E-state index contributed by atoms with van der Waals surface area (Å²) in [5.41, 5.74) is 1.21. The van der Waals surface area contributed by atoms with Crippen LogP contribution >= 0.6 is 34.8 Å². The summed E-state index contributed by atoms with van der Waals surface area (Å²) in [6, 6.07) is 13.7. The van der Waals surface area contributed by atoms with Gasteiger partial charge in [0.25, 0.3) is 0 Å². The Balaban J connectivity index is 1.86. The Morgan fingerprint density at radius 2 is 1.60 bits per heavy atom. The van der Waals surface area contributed by atoms with Gasteiger partial charge in [0.05, 0.1) is 21.7 Å². The summed E-state index contributed by atoms with van der Waals surface area (Å²) >= 11 is 18.0. The van der Waals surface area contributed by atoms with Crippen LogP contribution in [0.15, 0.2) is 42.5 Å². The van der Waals surface area contributed by atoms with E-state index in [9.17, 15) is 0 Å². The fourth-order valence-corrected chi connectivity index (χ4v) is 2.49. The molecule has 3 rings (SSSR count). The molecule has 6 nitrogen and oxygen atoms in total. The standard InChI is InChI=1S/C16H8Cl3N5O/c17-11-2-1-3-12(18)13(11)25-16-23-14(19)22-15(24-16)21-10-6-4-9(8-20)5-7-10/h1-7H,(H,21,22,23,24). The monoisotopic (exact) mass is 391 g/mol. The zero-order valence-electron chi connectivity index (χ0n) is 12.4. The minimum atomic E-state index is -0.0654. The number of nitrogens with zero attached hydrogens (tertiary/aromatic N) is 4. The van der Waals surface area contributed by atoms with Crippen LogP contribution in [0.3, 0.4) is 0 Å². The average Bonchev–Trinajstić information content (AvgIpc) is 2.58. The quantitative estimate of drug-likeness (QED) is 0.653. The predicted molar refractivity (Wildman–Crippen MR) is 95.8 cm³/mol.